The monoisotopic (exact) mass is 221 g/mol. The molecule has 2 atom stereocenters. The van der Waals surface area contributed by atoms with E-state index in [0.717, 1.165) is 11.0 Å². The molecule has 0 amide bonds. The highest BCUT2D eigenvalue weighted by Crippen LogP contribution is 2.22. The minimum Gasteiger partial charge on any atom is -0.464 e. The molecule has 2 unspecified atom stereocenters. The average Bonchev–Trinajstić information content (AvgIpc) is 2.65. The molecule has 0 aliphatic rings. The number of hydrogen-bond acceptors (Lipinski definition) is 2. The third-order valence-corrected chi connectivity index (χ3v) is 3.06. The topological polar surface area (TPSA) is 39.2 Å². The number of halogens is 1. The number of fused-ring (bicyclic) bond motifs is 1. The van der Waals surface area contributed by atoms with Gasteiger partial charge in [-0.25, -0.2) is 4.39 Å². The zero-order valence-corrected chi connectivity index (χ0v) is 9.53. The van der Waals surface area contributed by atoms with Gasteiger partial charge in [-0.05, 0) is 43.0 Å². The number of nitrogens with two attached hydrogens (primary N) is 1. The van der Waals surface area contributed by atoms with Crippen molar-refractivity contribution < 1.29 is 8.81 Å². The molecule has 2 rings (SSSR count). The van der Waals surface area contributed by atoms with Crippen LogP contribution in [0.2, 0.25) is 0 Å². The van der Waals surface area contributed by atoms with Gasteiger partial charge in [0.2, 0.25) is 0 Å². The van der Waals surface area contributed by atoms with Crippen molar-refractivity contribution in [3.8, 4) is 0 Å². The lowest BCUT2D eigenvalue weighted by Gasteiger charge is -2.15. The Morgan fingerprint density at radius 3 is 2.81 bits per heavy atom. The van der Waals surface area contributed by atoms with E-state index in [0.29, 0.717) is 12.0 Å². The van der Waals surface area contributed by atoms with Gasteiger partial charge in [0.15, 0.2) is 0 Å². The van der Waals surface area contributed by atoms with Gasteiger partial charge >= 0.3 is 0 Å². The van der Waals surface area contributed by atoms with Crippen LogP contribution < -0.4 is 5.73 Å². The predicted octanol–water partition coefficient (Wildman–Crippen LogP) is 3.10. The van der Waals surface area contributed by atoms with E-state index in [9.17, 15) is 4.39 Å². The summed E-state index contributed by atoms with van der Waals surface area (Å²) in [5, 5.41) is 0.801. The molecule has 1 aromatic heterocycles. The van der Waals surface area contributed by atoms with Gasteiger partial charge in [0, 0.05) is 11.4 Å². The standard InChI is InChI=1S/C13H16FNO/c1-8(9(2)15)5-11-7-13-10(3-4-16-13)6-12(11)14/h3-4,6-9H,5,15H2,1-2H3. The quantitative estimate of drug-likeness (QED) is 0.865. The van der Waals surface area contributed by atoms with E-state index in [1.807, 2.05) is 13.8 Å². The maximum absolute atomic E-state index is 13.7. The van der Waals surface area contributed by atoms with Crippen LogP contribution in [0.5, 0.6) is 0 Å². The third kappa shape index (κ3) is 2.09. The lowest BCUT2D eigenvalue weighted by atomic mass is 9.95. The molecule has 1 aromatic carbocycles. The molecule has 0 aliphatic heterocycles. The highest BCUT2D eigenvalue weighted by atomic mass is 19.1. The van der Waals surface area contributed by atoms with Crippen LogP contribution in [0, 0.1) is 11.7 Å². The Morgan fingerprint density at radius 2 is 2.12 bits per heavy atom. The fourth-order valence-electron chi connectivity index (χ4n) is 1.71. The largest absolute Gasteiger partial charge is 0.464 e. The van der Waals surface area contributed by atoms with Crippen LogP contribution in [0.15, 0.2) is 28.9 Å². The molecule has 0 saturated carbocycles. The number of furan rings is 1. The Labute approximate surface area is 94.2 Å². The van der Waals surface area contributed by atoms with Crippen molar-refractivity contribution in [3.63, 3.8) is 0 Å². The van der Waals surface area contributed by atoms with Crippen molar-refractivity contribution in [3.05, 3.63) is 35.8 Å². The second-order valence-electron chi connectivity index (χ2n) is 4.44. The van der Waals surface area contributed by atoms with Gasteiger partial charge in [-0.3, -0.25) is 0 Å². The first-order chi connectivity index (χ1) is 7.58. The molecule has 0 radical (unpaired) electrons. The van der Waals surface area contributed by atoms with Crippen molar-refractivity contribution in [1.29, 1.82) is 0 Å². The van der Waals surface area contributed by atoms with Crippen molar-refractivity contribution in [2.75, 3.05) is 0 Å². The van der Waals surface area contributed by atoms with Crippen LogP contribution in [0.1, 0.15) is 19.4 Å². The summed E-state index contributed by atoms with van der Waals surface area (Å²) in [6, 6.07) is 5.11. The third-order valence-electron chi connectivity index (χ3n) is 3.06. The summed E-state index contributed by atoms with van der Waals surface area (Å²) in [5.41, 5.74) is 7.18. The van der Waals surface area contributed by atoms with Gasteiger partial charge in [-0.15, -0.1) is 0 Å². The Balaban J connectivity index is 2.32. The minimum absolute atomic E-state index is 0.0618. The Bertz CT molecular complexity index is 490. The fourth-order valence-corrected chi connectivity index (χ4v) is 1.71. The van der Waals surface area contributed by atoms with Gasteiger partial charge in [0.05, 0.1) is 6.26 Å². The Hall–Kier alpha value is -1.35. The van der Waals surface area contributed by atoms with Crippen molar-refractivity contribution >= 4 is 11.0 Å². The molecule has 0 spiro atoms. The van der Waals surface area contributed by atoms with Crippen LogP contribution in [-0.4, -0.2) is 6.04 Å². The Kier molecular flexibility index (Phi) is 2.97. The highest BCUT2D eigenvalue weighted by molar-refractivity contribution is 5.77. The summed E-state index contributed by atoms with van der Waals surface area (Å²) in [6.45, 7) is 3.96. The molecular weight excluding hydrogens is 205 g/mol. The van der Waals surface area contributed by atoms with Gasteiger partial charge in [0.1, 0.15) is 11.4 Å². The molecule has 1 heterocycles. The summed E-state index contributed by atoms with van der Waals surface area (Å²) in [6.07, 6.45) is 2.21. The summed E-state index contributed by atoms with van der Waals surface area (Å²) in [4.78, 5) is 0. The van der Waals surface area contributed by atoms with Crippen molar-refractivity contribution in [2.45, 2.75) is 26.3 Å². The van der Waals surface area contributed by atoms with Crippen LogP contribution in [0.25, 0.3) is 11.0 Å². The summed E-state index contributed by atoms with van der Waals surface area (Å²) >= 11 is 0. The second kappa shape index (κ2) is 4.26. The SMILES string of the molecule is CC(N)C(C)Cc1cc2occc2cc1F. The normalized spacial score (nSPS) is 15.2. The van der Waals surface area contributed by atoms with Crippen LogP contribution >= 0.6 is 0 Å². The predicted molar refractivity (Wildman–Crippen MR) is 62.7 cm³/mol. The van der Waals surface area contributed by atoms with Gasteiger partial charge in [-0.2, -0.15) is 0 Å². The maximum atomic E-state index is 13.7. The molecule has 2 N–H and O–H groups in total. The van der Waals surface area contributed by atoms with Crippen LogP contribution in [0.3, 0.4) is 0 Å². The zero-order valence-electron chi connectivity index (χ0n) is 9.53. The molecule has 2 nitrogen and oxygen atoms in total. The van der Waals surface area contributed by atoms with E-state index in [-0.39, 0.29) is 17.8 Å². The number of hydrogen-bond donors (Lipinski definition) is 1. The van der Waals surface area contributed by atoms with Gasteiger partial charge in [-0.1, -0.05) is 6.92 Å². The molecule has 0 aliphatic carbocycles. The average molecular weight is 221 g/mol. The first-order valence-electron chi connectivity index (χ1n) is 5.49. The van der Waals surface area contributed by atoms with E-state index in [1.165, 1.54) is 6.07 Å². The molecule has 0 fully saturated rings. The summed E-state index contributed by atoms with van der Waals surface area (Å²) < 4.78 is 19.0. The van der Waals surface area contributed by atoms with Crippen molar-refractivity contribution in [1.82, 2.24) is 0 Å². The highest BCUT2D eigenvalue weighted by Gasteiger charge is 2.13. The summed E-state index contributed by atoms with van der Waals surface area (Å²) in [5.74, 6) is 0.0725. The lowest BCUT2D eigenvalue weighted by molar-refractivity contribution is 0.469. The van der Waals surface area contributed by atoms with Crippen molar-refractivity contribution in [2.24, 2.45) is 11.7 Å². The van der Waals surface area contributed by atoms with E-state index >= 15 is 0 Å². The molecule has 86 valence electrons. The van der Waals surface area contributed by atoms with Gasteiger partial charge in [0.25, 0.3) is 0 Å². The fraction of sp³-hybridized carbons (Fsp3) is 0.385. The minimum atomic E-state index is -0.179. The molecular formula is C13H16FNO. The smallest absolute Gasteiger partial charge is 0.134 e. The first-order valence-corrected chi connectivity index (χ1v) is 5.49. The van der Waals surface area contributed by atoms with E-state index in [1.54, 1.807) is 18.4 Å². The Morgan fingerprint density at radius 1 is 1.38 bits per heavy atom. The first kappa shape index (κ1) is 11.1. The number of benzene rings is 1. The summed E-state index contributed by atoms with van der Waals surface area (Å²) in [7, 11) is 0. The molecule has 2 aromatic rings. The van der Waals surface area contributed by atoms with E-state index in [2.05, 4.69) is 0 Å². The zero-order chi connectivity index (χ0) is 11.7. The molecule has 3 heteroatoms. The van der Waals surface area contributed by atoms with Crippen LogP contribution in [0.4, 0.5) is 4.39 Å². The van der Waals surface area contributed by atoms with E-state index in [4.69, 9.17) is 10.2 Å². The number of rotatable bonds is 3. The van der Waals surface area contributed by atoms with Gasteiger partial charge < -0.3 is 10.2 Å². The maximum Gasteiger partial charge on any atom is 0.134 e. The lowest BCUT2D eigenvalue weighted by Crippen LogP contribution is -2.26. The molecule has 16 heavy (non-hydrogen) atoms. The van der Waals surface area contributed by atoms with E-state index < -0.39 is 0 Å². The van der Waals surface area contributed by atoms with Crippen LogP contribution in [-0.2, 0) is 6.42 Å². The molecule has 0 bridgehead atoms. The second-order valence-corrected chi connectivity index (χ2v) is 4.44. The molecule has 0 saturated heterocycles.